The number of hydrogen-bond acceptors (Lipinski definition) is 3. The number of aryl methyl sites for hydroxylation is 1. The smallest absolute Gasteiger partial charge is 0.160 e. The Balaban J connectivity index is 2.15. The predicted molar refractivity (Wildman–Crippen MR) is 69.7 cm³/mol. The van der Waals surface area contributed by atoms with E-state index < -0.39 is 0 Å². The molecule has 0 aliphatic rings. The Morgan fingerprint density at radius 1 is 1.06 bits per heavy atom. The predicted octanol–water partition coefficient (Wildman–Crippen LogP) is 2.71. The minimum absolute atomic E-state index is 0.855. The molecule has 0 fully saturated rings. The van der Waals surface area contributed by atoms with Crippen molar-refractivity contribution < 1.29 is 4.74 Å². The minimum atomic E-state index is 0.855. The Labute approximate surface area is 105 Å². The van der Waals surface area contributed by atoms with Crippen LogP contribution < -0.4 is 4.74 Å². The van der Waals surface area contributed by atoms with E-state index >= 15 is 0 Å². The summed E-state index contributed by atoms with van der Waals surface area (Å²) >= 11 is 0. The molecule has 0 aliphatic heterocycles. The Hall–Kier alpha value is -2.36. The van der Waals surface area contributed by atoms with E-state index in [0.717, 1.165) is 28.3 Å². The highest BCUT2D eigenvalue weighted by atomic mass is 16.5. The largest absolute Gasteiger partial charge is 0.497 e. The van der Waals surface area contributed by atoms with Crippen molar-refractivity contribution in [1.82, 2.24) is 14.6 Å². The molecule has 0 aliphatic carbocycles. The molecule has 3 rings (SSSR count). The lowest BCUT2D eigenvalue weighted by atomic mass is 10.1. The van der Waals surface area contributed by atoms with Crippen LogP contribution in [0.5, 0.6) is 5.75 Å². The number of aromatic nitrogens is 3. The average Bonchev–Trinajstić information content (AvgIpc) is 2.80. The van der Waals surface area contributed by atoms with Crippen LogP contribution in [-0.4, -0.2) is 21.7 Å². The fraction of sp³-hybridized carbons (Fsp3) is 0.143. The summed E-state index contributed by atoms with van der Waals surface area (Å²) in [6.07, 6.45) is 2.04. The van der Waals surface area contributed by atoms with Gasteiger partial charge in [0.2, 0.25) is 0 Å². The summed E-state index contributed by atoms with van der Waals surface area (Å²) in [6.45, 7) is 1.94. The average molecular weight is 239 g/mol. The summed E-state index contributed by atoms with van der Waals surface area (Å²) in [7, 11) is 1.67. The van der Waals surface area contributed by atoms with Gasteiger partial charge in [0.25, 0.3) is 0 Å². The first-order chi connectivity index (χ1) is 8.78. The Bertz CT molecular complexity index is 703. The van der Waals surface area contributed by atoms with Crippen molar-refractivity contribution in [2.24, 2.45) is 0 Å². The van der Waals surface area contributed by atoms with Gasteiger partial charge in [0.1, 0.15) is 11.6 Å². The van der Waals surface area contributed by atoms with Gasteiger partial charge in [-0.1, -0.05) is 12.1 Å². The fourth-order valence-corrected chi connectivity index (χ4v) is 1.98. The summed E-state index contributed by atoms with van der Waals surface area (Å²) in [5.74, 6) is 1.74. The number of methoxy groups -OCH3 is 1. The molecule has 4 heteroatoms. The van der Waals surface area contributed by atoms with Crippen molar-refractivity contribution in [2.45, 2.75) is 6.92 Å². The van der Waals surface area contributed by atoms with E-state index in [-0.39, 0.29) is 0 Å². The lowest BCUT2D eigenvalue weighted by Crippen LogP contribution is -1.90. The van der Waals surface area contributed by atoms with Crippen molar-refractivity contribution in [3.63, 3.8) is 0 Å². The highest BCUT2D eigenvalue weighted by molar-refractivity contribution is 5.66. The molecular weight excluding hydrogens is 226 g/mol. The molecule has 18 heavy (non-hydrogen) atoms. The van der Waals surface area contributed by atoms with E-state index in [4.69, 9.17) is 4.74 Å². The normalized spacial score (nSPS) is 10.8. The van der Waals surface area contributed by atoms with Crippen molar-refractivity contribution in [2.75, 3.05) is 7.11 Å². The van der Waals surface area contributed by atoms with Gasteiger partial charge in [-0.3, -0.25) is 4.40 Å². The van der Waals surface area contributed by atoms with E-state index in [1.54, 1.807) is 7.11 Å². The number of hydrogen-bond donors (Lipinski definition) is 0. The zero-order valence-electron chi connectivity index (χ0n) is 10.3. The van der Waals surface area contributed by atoms with Gasteiger partial charge in [-0.15, -0.1) is 10.2 Å². The van der Waals surface area contributed by atoms with Crippen LogP contribution in [0.25, 0.3) is 16.8 Å². The molecule has 0 radical (unpaired) electrons. The molecular formula is C14H13N3O. The maximum absolute atomic E-state index is 5.24. The fourth-order valence-electron chi connectivity index (χ4n) is 1.98. The summed E-state index contributed by atoms with van der Waals surface area (Å²) < 4.78 is 7.22. The number of fused-ring (bicyclic) bond motifs is 1. The second-order valence-corrected chi connectivity index (χ2v) is 4.13. The van der Waals surface area contributed by atoms with Crippen LogP contribution in [0.15, 0.2) is 42.6 Å². The molecule has 1 aromatic carbocycles. The first-order valence-electron chi connectivity index (χ1n) is 5.74. The molecule has 0 saturated heterocycles. The molecule has 0 N–H and O–H groups in total. The van der Waals surface area contributed by atoms with Gasteiger partial charge in [0.15, 0.2) is 5.65 Å². The number of ether oxygens (including phenoxy) is 1. The summed E-state index contributed by atoms with van der Waals surface area (Å²) in [4.78, 5) is 0. The highest BCUT2D eigenvalue weighted by Gasteiger charge is 2.04. The van der Waals surface area contributed by atoms with Crippen molar-refractivity contribution in [3.05, 3.63) is 48.4 Å². The monoisotopic (exact) mass is 239 g/mol. The first-order valence-corrected chi connectivity index (χ1v) is 5.74. The quantitative estimate of drug-likeness (QED) is 0.690. The van der Waals surface area contributed by atoms with Crippen LogP contribution in [0.3, 0.4) is 0 Å². The SMILES string of the molecule is COc1cccc(-c2ccc3nnc(C)n3c2)c1. The molecule has 0 unspecified atom stereocenters. The molecule has 0 spiro atoms. The van der Waals surface area contributed by atoms with Gasteiger partial charge < -0.3 is 4.74 Å². The Morgan fingerprint density at radius 2 is 1.94 bits per heavy atom. The van der Waals surface area contributed by atoms with Crippen LogP contribution in [0.1, 0.15) is 5.82 Å². The highest BCUT2D eigenvalue weighted by Crippen LogP contribution is 2.24. The van der Waals surface area contributed by atoms with Crippen LogP contribution in [0.4, 0.5) is 0 Å². The Kier molecular flexibility index (Phi) is 2.48. The van der Waals surface area contributed by atoms with Crippen molar-refractivity contribution >= 4 is 5.65 Å². The lowest BCUT2D eigenvalue weighted by molar-refractivity contribution is 0.415. The maximum Gasteiger partial charge on any atom is 0.160 e. The number of nitrogens with zero attached hydrogens (tertiary/aromatic N) is 3. The van der Waals surface area contributed by atoms with E-state index in [1.165, 1.54) is 0 Å². The molecule has 3 aromatic rings. The summed E-state index contributed by atoms with van der Waals surface area (Å²) in [6, 6.07) is 12.0. The lowest BCUT2D eigenvalue weighted by Gasteiger charge is -2.05. The molecule has 2 heterocycles. The molecule has 0 saturated carbocycles. The van der Waals surface area contributed by atoms with Gasteiger partial charge in [0, 0.05) is 6.20 Å². The van der Waals surface area contributed by atoms with Gasteiger partial charge in [-0.05, 0) is 42.3 Å². The minimum Gasteiger partial charge on any atom is -0.497 e. The van der Waals surface area contributed by atoms with E-state index in [2.05, 4.69) is 16.3 Å². The van der Waals surface area contributed by atoms with Crippen molar-refractivity contribution in [1.29, 1.82) is 0 Å². The van der Waals surface area contributed by atoms with Gasteiger partial charge >= 0.3 is 0 Å². The third kappa shape index (κ3) is 1.72. The van der Waals surface area contributed by atoms with Crippen LogP contribution in [-0.2, 0) is 0 Å². The Morgan fingerprint density at radius 3 is 2.78 bits per heavy atom. The van der Waals surface area contributed by atoms with Gasteiger partial charge in [-0.2, -0.15) is 0 Å². The van der Waals surface area contributed by atoms with Crippen LogP contribution in [0.2, 0.25) is 0 Å². The van der Waals surface area contributed by atoms with Gasteiger partial charge in [0.05, 0.1) is 7.11 Å². The molecule has 4 nitrogen and oxygen atoms in total. The molecule has 0 amide bonds. The van der Waals surface area contributed by atoms with Gasteiger partial charge in [-0.25, -0.2) is 0 Å². The zero-order valence-corrected chi connectivity index (χ0v) is 10.3. The van der Waals surface area contributed by atoms with E-state index in [0.29, 0.717) is 0 Å². The topological polar surface area (TPSA) is 39.4 Å². The molecule has 2 aromatic heterocycles. The zero-order chi connectivity index (χ0) is 12.5. The molecule has 0 bridgehead atoms. The van der Waals surface area contributed by atoms with Crippen LogP contribution >= 0.6 is 0 Å². The molecule has 90 valence electrons. The van der Waals surface area contributed by atoms with Crippen molar-refractivity contribution in [3.8, 4) is 16.9 Å². The standard InChI is InChI=1S/C14H13N3O/c1-10-15-16-14-7-6-12(9-17(10)14)11-4-3-5-13(8-11)18-2/h3-9H,1-2H3. The second kappa shape index (κ2) is 4.14. The van der Waals surface area contributed by atoms with E-state index in [1.807, 2.05) is 47.9 Å². The number of rotatable bonds is 2. The number of benzene rings is 1. The first kappa shape index (κ1) is 10.8. The molecule has 0 atom stereocenters. The third-order valence-electron chi connectivity index (χ3n) is 2.98. The summed E-state index contributed by atoms with van der Waals surface area (Å²) in [5, 5.41) is 8.13. The van der Waals surface area contributed by atoms with E-state index in [9.17, 15) is 0 Å². The third-order valence-corrected chi connectivity index (χ3v) is 2.98. The van der Waals surface area contributed by atoms with Crippen LogP contribution in [0, 0.1) is 6.92 Å². The maximum atomic E-state index is 5.24. The summed E-state index contributed by atoms with van der Waals surface area (Å²) in [5.41, 5.74) is 3.09. The number of pyridine rings is 1. The second-order valence-electron chi connectivity index (χ2n) is 4.13.